The third kappa shape index (κ3) is 3.02. The smallest absolute Gasteiger partial charge is 0.337 e. The van der Waals surface area contributed by atoms with E-state index in [0.29, 0.717) is 5.69 Å². The lowest BCUT2D eigenvalue weighted by atomic mass is 10.2. The van der Waals surface area contributed by atoms with E-state index in [4.69, 9.17) is 5.11 Å². The molecular formula is C11H9N5O4. The van der Waals surface area contributed by atoms with Crippen LogP contribution in [0.25, 0.3) is 0 Å². The van der Waals surface area contributed by atoms with Gasteiger partial charge in [-0.1, -0.05) is 0 Å². The number of hydrogen-bond donors (Lipinski definition) is 2. The topological polar surface area (TPSA) is 131 Å². The zero-order chi connectivity index (χ0) is 14.5. The van der Waals surface area contributed by atoms with Crippen molar-refractivity contribution in [1.82, 2.24) is 15.0 Å². The van der Waals surface area contributed by atoms with E-state index in [2.05, 4.69) is 20.3 Å². The molecular weight excluding hydrogens is 266 g/mol. The zero-order valence-corrected chi connectivity index (χ0v) is 10.1. The number of nitrogens with zero attached hydrogens (tertiary/aromatic N) is 4. The second kappa shape index (κ2) is 5.69. The van der Waals surface area contributed by atoms with E-state index in [-0.39, 0.29) is 17.9 Å². The van der Waals surface area contributed by atoms with Crippen LogP contribution in [0.4, 0.5) is 11.5 Å². The monoisotopic (exact) mass is 275 g/mol. The van der Waals surface area contributed by atoms with Gasteiger partial charge in [0.2, 0.25) is 5.82 Å². The van der Waals surface area contributed by atoms with Crippen LogP contribution < -0.4 is 5.32 Å². The summed E-state index contributed by atoms with van der Waals surface area (Å²) in [4.78, 5) is 32.4. The Labute approximate surface area is 112 Å². The normalized spacial score (nSPS) is 10.0. The first-order valence-electron chi connectivity index (χ1n) is 5.44. The van der Waals surface area contributed by atoms with Gasteiger partial charge in [0.1, 0.15) is 6.33 Å². The van der Waals surface area contributed by atoms with Gasteiger partial charge in [0.05, 0.1) is 22.7 Å². The van der Waals surface area contributed by atoms with Crippen molar-refractivity contribution in [2.24, 2.45) is 0 Å². The van der Waals surface area contributed by atoms with Crippen molar-refractivity contribution in [3.05, 3.63) is 52.2 Å². The summed E-state index contributed by atoms with van der Waals surface area (Å²) in [7, 11) is 0. The second-order valence-electron chi connectivity index (χ2n) is 3.71. The van der Waals surface area contributed by atoms with Gasteiger partial charge in [-0.15, -0.1) is 0 Å². The molecule has 0 unspecified atom stereocenters. The maximum Gasteiger partial charge on any atom is 0.337 e. The Hall–Kier alpha value is -3.10. The van der Waals surface area contributed by atoms with E-state index >= 15 is 0 Å². The number of aromatic carboxylic acids is 1. The van der Waals surface area contributed by atoms with Crippen LogP contribution in [0, 0.1) is 10.1 Å². The fourth-order valence-electron chi connectivity index (χ4n) is 1.44. The molecule has 2 rings (SSSR count). The molecule has 0 aromatic carbocycles. The molecule has 0 radical (unpaired) electrons. The van der Waals surface area contributed by atoms with Gasteiger partial charge in [-0.2, -0.15) is 0 Å². The summed E-state index contributed by atoms with van der Waals surface area (Å²) in [5, 5.41) is 22.4. The molecule has 20 heavy (non-hydrogen) atoms. The van der Waals surface area contributed by atoms with Crippen molar-refractivity contribution in [3.63, 3.8) is 0 Å². The van der Waals surface area contributed by atoms with Crippen molar-refractivity contribution < 1.29 is 14.8 Å². The number of nitro groups is 1. The molecule has 9 heteroatoms. The number of carboxylic acids is 1. The number of anilines is 1. The zero-order valence-electron chi connectivity index (χ0n) is 10.1. The molecule has 0 atom stereocenters. The van der Waals surface area contributed by atoms with Gasteiger partial charge in [-0.3, -0.25) is 10.1 Å². The van der Waals surface area contributed by atoms with Crippen molar-refractivity contribution in [3.8, 4) is 0 Å². The van der Waals surface area contributed by atoms with E-state index in [0.717, 1.165) is 12.3 Å². The minimum Gasteiger partial charge on any atom is -0.478 e. The minimum atomic E-state index is -1.28. The fourth-order valence-corrected chi connectivity index (χ4v) is 1.44. The Morgan fingerprint density at radius 1 is 1.45 bits per heavy atom. The largest absolute Gasteiger partial charge is 0.478 e. The first-order valence-corrected chi connectivity index (χ1v) is 5.44. The highest BCUT2D eigenvalue weighted by molar-refractivity contribution is 5.88. The highest BCUT2D eigenvalue weighted by Crippen LogP contribution is 2.23. The van der Waals surface area contributed by atoms with Gasteiger partial charge < -0.3 is 10.4 Å². The Morgan fingerprint density at radius 2 is 2.25 bits per heavy atom. The van der Waals surface area contributed by atoms with Crippen molar-refractivity contribution in [1.29, 1.82) is 0 Å². The third-order valence-corrected chi connectivity index (χ3v) is 2.39. The van der Waals surface area contributed by atoms with E-state index in [1.165, 1.54) is 6.33 Å². The fraction of sp³-hybridized carbons (Fsp3) is 0.0909. The van der Waals surface area contributed by atoms with Crippen LogP contribution in [0.15, 0.2) is 30.9 Å². The van der Waals surface area contributed by atoms with E-state index in [9.17, 15) is 14.9 Å². The van der Waals surface area contributed by atoms with Crippen molar-refractivity contribution >= 4 is 17.5 Å². The number of nitrogens with one attached hydrogen (secondary N) is 1. The molecule has 102 valence electrons. The molecule has 0 saturated heterocycles. The SMILES string of the molecule is O=C(O)c1cnc(NCc2ccncn2)c([N+](=O)[O-])c1. The van der Waals surface area contributed by atoms with Crippen LogP contribution in [0.2, 0.25) is 0 Å². The Morgan fingerprint density at radius 3 is 2.85 bits per heavy atom. The lowest BCUT2D eigenvalue weighted by molar-refractivity contribution is -0.384. The Bertz CT molecular complexity index is 647. The third-order valence-electron chi connectivity index (χ3n) is 2.39. The van der Waals surface area contributed by atoms with E-state index < -0.39 is 16.6 Å². The van der Waals surface area contributed by atoms with E-state index in [1.807, 2.05) is 0 Å². The standard InChI is InChI=1S/C11H9N5O4/c17-11(18)7-3-9(16(19)20)10(13-4-7)14-5-8-1-2-12-6-15-8/h1-4,6H,5H2,(H,13,14)(H,17,18). The Balaban J connectivity index is 2.23. The predicted octanol–water partition coefficient (Wildman–Crippen LogP) is 1.09. The average Bonchev–Trinajstić information content (AvgIpc) is 2.45. The number of carboxylic acid groups (broad SMARTS) is 1. The molecule has 2 heterocycles. The molecule has 0 aliphatic carbocycles. The quantitative estimate of drug-likeness (QED) is 0.612. The number of hydrogen-bond acceptors (Lipinski definition) is 7. The lowest BCUT2D eigenvalue weighted by Gasteiger charge is -2.06. The molecule has 2 aromatic rings. The van der Waals surface area contributed by atoms with Crippen molar-refractivity contribution in [2.45, 2.75) is 6.54 Å². The van der Waals surface area contributed by atoms with Gasteiger partial charge in [0.15, 0.2) is 0 Å². The van der Waals surface area contributed by atoms with E-state index in [1.54, 1.807) is 12.3 Å². The van der Waals surface area contributed by atoms with Crippen LogP contribution in [-0.4, -0.2) is 31.0 Å². The molecule has 2 N–H and O–H groups in total. The van der Waals surface area contributed by atoms with Gasteiger partial charge in [-0.05, 0) is 6.07 Å². The molecule has 2 aromatic heterocycles. The van der Waals surface area contributed by atoms with Gasteiger partial charge in [0, 0.05) is 18.5 Å². The van der Waals surface area contributed by atoms with Crippen LogP contribution in [0.1, 0.15) is 16.1 Å². The maximum absolute atomic E-state index is 10.9. The number of aromatic nitrogens is 3. The molecule has 0 spiro atoms. The van der Waals surface area contributed by atoms with Crippen LogP contribution in [0.3, 0.4) is 0 Å². The summed E-state index contributed by atoms with van der Waals surface area (Å²) < 4.78 is 0. The highest BCUT2D eigenvalue weighted by atomic mass is 16.6. The van der Waals surface area contributed by atoms with Gasteiger partial charge in [-0.25, -0.2) is 19.7 Å². The minimum absolute atomic E-state index is 0.0152. The average molecular weight is 275 g/mol. The summed E-state index contributed by atoms with van der Waals surface area (Å²) in [6.07, 6.45) is 3.95. The second-order valence-corrected chi connectivity index (χ2v) is 3.71. The van der Waals surface area contributed by atoms with Gasteiger partial charge >= 0.3 is 11.7 Å². The number of rotatable bonds is 5. The summed E-state index contributed by atoms with van der Waals surface area (Å²) in [6, 6.07) is 2.60. The molecule has 9 nitrogen and oxygen atoms in total. The molecule has 0 aliphatic rings. The summed E-state index contributed by atoms with van der Waals surface area (Å²) in [5.41, 5.74) is -0.0262. The number of pyridine rings is 1. The first kappa shape index (κ1) is 13.3. The lowest BCUT2D eigenvalue weighted by Crippen LogP contribution is -2.08. The van der Waals surface area contributed by atoms with Gasteiger partial charge in [0.25, 0.3) is 0 Å². The molecule has 0 bridgehead atoms. The summed E-state index contributed by atoms with van der Waals surface area (Å²) in [5.74, 6) is -1.29. The van der Waals surface area contributed by atoms with Crippen LogP contribution >= 0.6 is 0 Å². The Kier molecular flexibility index (Phi) is 3.80. The summed E-state index contributed by atoms with van der Waals surface area (Å²) >= 11 is 0. The van der Waals surface area contributed by atoms with Crippen LogP contribution in [0.5, 0.6) is 0 Å². The molecule has 0 fully saturated rings. The maximum atomic E-state index is 10.9. The summed E-state index contributed by atoms with van der Waals surface area (Å²) in [6.45, 7) is 0.211. The molecule has 0 aliphatic heterocycles. The van der Waals surface area contributed by atoms with Crippen molar-refractivity contribution in [2.75, 3.05) is 5.32 Å². The van der Waals surface area contributed by atoms with Crippen LogP contribution in [-0.2, 0) is 6.54 Å². The molecule has 0 amide bonds. The first-order chi connectivity index (χ1) is 9.58. The molecule has 0 saturated carbocycles. The highest BCUT2D eigenvalue weighted by Gasteiger charge is 2.18. The predicted molar refractivity (Wildman–Crippen MR) is 67.2 cm³/mol. The number of carbonyl (C=O) groups is 1.